The van der Waals surface area contributed by atoms with Crippen molar-refractivity contribution in [3.05, 3.63) is 28.8 Å². The molecule has 1 saturated heterocycles. The number of amides is 1. The first kappa shape index (κ1) is 15.1. The number of hydrogen-bond acceptors (Lipinski definition) is 3. The standard InChI is InChI=1S/C14H18ClN3OS/c15-10-1-2-11(14(17)20)12(8-10)18-5-3-9(4-6-18)7-13(16)19/h1-2,8-9H,3-7H2,(H2,16,19)(H2,17,20). The quantitative estimate of drug-likeness (QED) is 0.835. The van der Waals surface area contributed by atoms with Gasteiger partial charge in [0, 0.05) is 35.8 Å². The first-order chi connectivity index (χ1) is 9.47. The normalized spacial score (nSPS) is 16.1. The number of anilines is 1. The van der Waals surface area contributed by atoms with Crippen molar-refractivity contribution >= 4 is 40.4 Å². The number of carbonyl (C=O) groups excluding carboxylic acids is 1. The second-order valence-electron chi connectivity index (χ2n) is 5.13. The highest BCUT2D eigenvalue weighted by molar-refractivity contribution is 7.80. The Labute approximate surface area is 129 Å². The first-order valence-corrected chi connectivity index (χ1v) is 7.38. The molecule has 2 rings (SSSR count). The average molecular weight is 312 g/mol. The fourth-order valence-electron chi connectivity index (χ4n) is 2.64. The number of nitrogens with zero attached hydrogens (tertiary/aromatic N) is 1. The molecule has 1 fully saturated rings. The van der Waals surface area contributed by atoms with Gasteiger partial charge in [0.15, 0.2) is 0 Å². The van der Waals surface area contributed by atoms with E-state index in [2.05, 4.69) is 4.90 Å². The van der Waals surface area contributed by atoms with Gasteiger partial charge in [-0.25, -0.2) is 0 Å². The molecule has 0 saturated carbocycles. The van der Waals surface area contributed by atoms with Gasteiger partial charge in [-0.3, -0.25) is 4.79 Å². The summed E-state index contributed by atoms with van der Waals surface area (Å²) in [6.45, 7) is 1.71. The minimum absolute atomic E-state index is 0.227. The fourth-order valence-corrected chi connectivity index (χ4v) is 2.98. The molecule has 1 amide bonds. The maximum absolute atomic E-state index is 11.0. The number of benzene rings is 1. The molecule has 1 aromatic carbocycles. The molecule has 0 atom stereocenters. The van der Waals surface area contributed by atoms with Gasteiger partial charge in [0.05, 0.1) is 0 Å². The van der Waals surface area contributed by atoms with Crippen LogP contribution >= 0.6 is 23.8 Å². The number of carbonyl (C=O) groups is 1. The molecule has 4 nitrogen and oxygen atoms in total. The van der Waals surface area contributed by atoms with Gasteiger partial charge in [-0.1, -0.05) is 23.8 Å². The van der Waals surface area contributed by atoms with Crippen LogP contribution in [0.2, 0.25) is 5.02 Å². The van der Waals surface area contributed by atoms with E-state index in [1.165, 1.54) is 0 Å². The lowest BCUT2D eigenvalue weighted by Crippen LogP contribution is -2.36. The number of piperidine rings is 1. The fraction of sp³-hybridized carbons (Fsp3) is 0.429. The van der Waals surface area contributed by atoms with Crippen LogP contribution < -0.4 is 16.4 Å². The van der Waals surface area contributed by atoms with E-state index in [0.29, 0.717) is 22.3 Å². The number of rotatable bonds is 4. The van der Waals surface area contributed by atoms with Gasteiger partial charge in [0.2, 0.25) is 5.91 Å². The predicted octanol–water partition coefficient (Wildman–Crippen LogP) is 2.07. The van der Waals surface area contributed by atoms with Gasteiger partial charge in [-0.05, 0) is 37.0 Å². The summed E-state index contributed by atoms with van der Waals surface area (Å²) in [5.41, 5.74) is 12.8. The molecule has 6 heteroatoms. The van der Waals surface area contributed by atoms with Gasteiger partial charge >= 0.3 is 0 Å². The van der Waals surface area contributed by atoms with Crippen LogP contribution in [-0.4, -0.2) is 24.0 Å². The number of nitrogens with two attached hydrogens (primary N) is 2. The summed E-state index contributed by atoms with van der Waals surface area (Å²) in [6.07, 6.45) is 2.34. The zero-order valence-electron chi connectivity index (χ0n) is 11.1. The van der Waals surface area contributed by atoms with Gasteiger partial charge in [0.25, 0.3) is 0 Å². The molecule has 0 bridgehead atoms. The number of hydrogen-bond donors (Lipinski definition) is 2. The third-order valence-electron chi connectivity index (χ3n) is 3.67. The molecule has 0 radical (unpaired) electrons. The Morgan fingerprint density at radius 1 is 1.35 bits per heavy atom. The molecule has 0 spiro atoms. The SMILES string of the molecule is NC(=O)CC1CCN(c2cc(Cl)ccc2C(N)=S)CC1. The van der Waals surface area contributed by atoms with Crippen LogP contribution in [0.1, 0.15) is 24.8 Å². The Morgan fingerprint density at radius 3 is 2.55 bits per heavy atom. The first-order valence-electron chi connectivity index (χ1n) is 6.60. The molecule has 1 aromatic rings. The summed E-state index contributed by atoms with van der Waals surface area (Å²) in [6, 6.07) is 5.54. The van der Waals surface area contributed by atoms with Crippen molar-refractivity contribution < 1.29 is 4.79 Å². The predicted molar refractivity (Wildman–Crippen MR) is 86.1 cm³/mol. The second kappa shape index (κ2) is 6.41. The largest absolute Gasteiger partial charge is 0.389 e. The van der Waals surface area contributed by atoms with Gasteiger partial charge in [-0.15, -0.1) is 0 Å². The maximum Gasteiger partial charge on any atom is 0.217 e. The van der Waals surface area contributed by atoms with Crippen LogP contribution in [0.15, 0.2) is 18.2 Å². The smallest absolute Gasteiger partial charge is 0.217 e. The molecule has 0 unspecified atom stereocenters. The molecule has 1 heterocycles. The minimum Gasteiger partial charge on any atom is -0.389 e. The maximum atomic E-state index is 11.0. The Bertz CT molecular complexity index is 527. The van der Waals surface area contributed by atoms with Crippen LogP contribution in [0.25, 0.3) is 0 Å². The van der Waals surface area contributed by atoms with E-state index in [1.54, 1.807) is 6.07 Å². The molecule has 1 aliphatic heterocycles. The van der Waals surface area contributed by atoms with Gasteiger partial charge < -0.3 is 16.4 Å². The Hall–Kier alpha value is -1.33. The molecule has 0 aromatic heterocycles. The highest BCUT2D eigenvalue weighted by Gasteiger charge is 2.22. The molecular weight excluding hydrogens is 294 g/mol. The van der Waals surface area contributed by atoms with Crippen molar-refractivity contribution in [2.24, 2.45) is 17.4 Å². The van der Waals surface area contributed by atoms with E-state index in [0.717, 1.165) is 37.2 Å². The van der Waals surface area contributed by atoms with E-state index in [4.69, 9.17) is 35.3 Å². The Balaban J connectivity index is 2.12. The molecule has 4 N–H and O–H groups in total. The van der Waals surface area contributed by atoms with E-state index < -0.39 is 0 Å². The van der Waals surface area contributed by atoms with E-state index in [1.807, 2.05) is 12.1 Å². The summed E-state index contributed by atoms with van der Waals surface area (Å²) in [4.78, 5) is 13.6. The molecule has 0 aliphatic carbocycles. The van der Waals surface area contributed by atoms with Crippen molar-refractivity contribution in [1.29, 1.82) is 0 Å². The van der Waals surface area contributed by atoms with E-state index in [9.17, 15) is 4.79 Å². The van der Waals surface area contributed by atoms with Crippen LogP contribution in [-0.2, 0) is 4.79 Å². The van der Waals surface area contributed by atoms with Gasteiger partial charge in [-0.2, -0.15) is 0 Å². The van der Waals surface area contributed by atoms with Crippen LogP contribution in [0.4, 0.5) is 5.69 Å². The summed E-state index contributed by atoms with van der Waals surface area (Å²) in [7, 11) is 0. The monoisotopic (exact) mass is 311 g/mol. The highest BCUT2D eigenvalue weighted by Crippen LogP contribution is 2.30. The lowest BCUT2D eigenvalue weighted by molar-refractivity contribution is -0.119. The van der Waals surface area contributed by atoms with Gasteiger partial charge in [0.1, 0.15) is 4.99 Å². The molecule has 108 valence electrons. The number of primary amides is 1. The lowest BCUT2D eigenvalue weighted by Gasteiger charge is -2.34. The summed E-state index contributed by atoms with van der Waals surface area (Å²) >= 11 is 11.2. The summed E-state index contributed by atoms with van der Waals surface area (Å²) in [5.74, 6) is 0.145. The van der Waals surface area contributed by atoms with Crippen LogP contribution in [0.3, 0.4) is 0 Å². The van der Waals surface area contributed by atoms with Crippen molar-refractivity contribution in [2.45, 2.75) is 19.3 Å². The summed E-state index contributed by atoms with van der Waals surface area (Å²) in [5, 5.41) is 0.666. The highest BCUT2D eigenvalue weighted by atomic mass is 35.5. The third-order valence-corrected chi connectivity index (χ3v) is 4.13. The van der Waals surface area contributed by atoms with Crippen LogP contribution in [0.5, 0.6) is 0 Å². The van der Waals surface area contributed by atoms with E-state index in [-0.39, 0.29) is 5.91 Å². The third kappa shape index (κ3) is 3.61. The minimum atomic E-state index is -0.227. The topological polar surface area (TPSA) is 72.4 Å². The zero-order chi connectivity index (χ0) is 14.7. The number of thiocarbonyl (C=S) groups is 1. The van der Waals surface area contributed by atoms with Crippen molar-refractivity contribution in [1.82, 2.24) is 0 Å². The molecule has 20 heavy (non-hydrogen) atoms. The second-order valence-corrected chi connectivity index (χ2v) is 6.00. The number of halogens is 1. The summed E-state index contributed by atoms with van der Waals surface area (Å²) < 4.78 is 0. The average Bonchev–Trinajstić information content (AvgIpc) is 2.38. The van der Waals surface area contributed by atoms with Crippen LogP contribution in [0, 0.1) is 5.92 Å². The molecule has 1 aliphatic rings. The van der Waals surface area contributed by atoms with E-state index >= 15 is 0 Å². The molecular formula is C14H18ClN3OS. The Kier molecular flexibility index (Phi) is 4.83. The Morgan fingerprint density at radius 2 is 2.00 bits per heavy atom. The van der Waals surface area contributed by atoms with Crippen molar-refractivity contribution in [3.63, 3.8) is 0 Å². The lowest BCUT2D eigenvalue weighted by atomic mass is 9.92. The van der Waals surface area contributed by atoms with Crippen molar-refractivity contribution in [3.8, 4) is 0 Å². The van der Waals surface area contributed by atoms with Crippen molar-refractivity contribution in [2.75, 3.05) is 18.0 Å². The zero-order valence-corrected chi connectivity index (χ0v) is 12.7.